The molecule has 0 unspecified atom stereocenters. The van der Waals surface area contributed by atoms with Gasteiger partial charge in [-0.25, -0.2) is 18.7 Å². The molecule has 0 saturated heterocycles. The molecule has 1 aromatic heterocycles. The summed E-state index contributed by atoms with van der Waals surface area (Å²) >= 11 is 1.02. The molecule has 0 fully saturated rings. The third-order valence-electron chi connectivity index (χ3n) is 2.75. The summed E-state index contributed by atoms with van der Waals surface area (Å²) < 4.78 is 27.7. The molecule has 112 valence electrons. The van der Waals surface area contributed by atoms with E-state index in [2.05, 4.69) is 10.2 Å². The van der Waals surface area contributed by atoms with Gasteiger partial charge in [-0.15, -0.1) is 5.10 Å². The zero-order chi connectivity index (χ0) is 15.6. The average molecular weight is 313 g/mol. The first-order valence-electron chi connectivity index (χ1n) is 6.18. The first-order chi connectivity index (χ1) is 9.90. The van der Waals surface area contributed by atoms with E-state index in [-0.39, 0.29) is 23.0 Å². The fourth-order valence-corrected chi connectivity index (χ4v) is 2.73. The predicted octanol–water partition coefficient (Wildman–Crippen LogP) is 2.41. The predicted molar refractivity (Wildman–Crippen MR) is 74.6 cm³/mol. The Morgan fingerprint density at radius 2 is 2.14 bits per heavy atom. The molecule has 5 nitrogen and oxygen atoms in total. The highest BCUT2D eigenvalue weighted by Gasteiger charge is 2.16. The lowest BCUT2D eigenvalue weighted by Gasteiger charge is -2.08. The lowest BCUT2D eigenvalue weighted by molar-refractivity contribution is 0.101. The van der Waals surface area contributed by atoms with Crippen LogP contribution >= 0.6 is 11.8 Å². The minimum Gasteiger partial charge on any atom is -0.293 e. The van der Waals surface area contributed by atoms with Crippen molar-refractivity contribution in [2.24, 2.45) is 0 Å². The number of hydrogen-bond donors (Lipinski definition) is 1. The maximum atomic E-state index is 13.5. The van der Waals surface area contributed by atoms with Crippen LogP contribution in [0.25, 0.3) is 0 Å². The highest BCUT2D eigenvalue weighted by molar-refractivity contribution is 7.99. The Labute approximate surface area is 123 Å². The van der Waals surface area contributed by atoms with Gasteiger partial charge in [0.05, 0.1) is 11.3 Å². The highest BCUT2D eigenvalue weighted by Crippen LogP contribution is 2.19. The smallest absolute Gasteiger partial charge is 0.293 e. The minimum absolute atomic E-state index is 0.0977. The number of aromatic nitrogens is 3. The molecule has 0 amide bonds. The van der Waals surface area contributed by atoms with Crippen LogP contribution in [0.2, 0.25) is 0 Å². The number of ketones is 1. The van der Waals surface area contributed by atoms with Crippen molar-refractivity contribution in [2.75, 3.05) is 5.75 Å². The normalized spacial score (nSPS) is 11.1. The zero-order valence-corrected chi connectivity index (χ0v) is 12.2. The third kappa shape index (κ3) is 3.38. The van der Waals surface area contributed by atoms with Gasteiger partial charge in [0.25, 0.3) is 0 Å². The molecule has 2 rings (SSSR count). The molecule has 0 aliphatic heterocycles. The van der Waals surface area contributed by atoms with Crippen molar-refractivity contribution >= 4 is 17.5 Å². The second-order valence-corrected chi connectivity index (χ2v) is 5.55. The Hall–Kier alpha value is -1.96. The van der Waals surface area contributed by atoms with Gasteiger partial charge in [0.1, 0.15) is 11.6 Å². The second kappa shape index (κ2) is 6.21. The van der Waals surface area contributed by atoms with Crippen LogP contribution < -0.4 is 5.69 Å². The van der Waals surface area contributed by atoms with Gasteiger partial charge in [0.2, 0.25) is 0 Å². The second-order valence-electron chi connectivity index (χ2n) is 4.61. The van der Waals surface area contributed by atoms with Crippen molar-refractivity contribution in [3.63, 3.8) is 0 Å². The molecule has 0 spiro atoms. The van der Waals surface area contributed by atoms with E-state index in [1.165, 1.54) is 4.57 Å². The van der Waals surface area contributed by atoms with Gasteiger partial charge in [-0.2, -0.15) is 0 Å². The Kier molecular flexibility index (Phi) is 4.56. The van der Waals surface area contributed by atoms with E-state index in [9.17, 15) is 18.4 Å². The molecule has 0 radical (unpaired) electrons. The number of H-pyrrole nitrogens is 1. The van der Waals surface area contributed by atoms with Gasteiger partial charge in [0, 0.05) is 12.1 Å². The number of aromatic amines is 1. The highest BCUT2D eigenvalue weighted by atomic mass is 32.2. The Morgan fingerprint density at radius 3 is 2.76 bits per heavy atom. The van der Waals surface area contributed by atoms with Crippen molar-refractivity contribution in [3.05, 3.63) is 45.9 Å². The summed E-state index contributed by atoms with van der Waals surface area (Å²) in [6.45, 7) is 3.62. The number of hydrogen-bond acceptors (Lipinski definition) is 4. The number of carbonyl (C=O) groups excluding carboxylic acids is 1. The van der Waals surface area contributed by atoms with E-state index < -0.39 is 17.4 Å². The first-order valence-corrected chi connectivity index (χ1v) is 7.16. The molecule has 1 aromatic carbocycles. The van der Waals surface area contributed by atoms with E-state index in [1.807, 2.05) is 13.8 Å². The summed E-state index contributed by atoms with van der Waals surface area (Å²) in [5, 5.41) is 6.48. The molecule has 0 aliphatic rings. The van der Waals surface area contributed by atoms with Crippen molar-refractivity contribution in [1.82, 2.24) is 14.8 Å². The molecular weight excluding hydrogens is 300 g/mol. The number of nitrogens with one attached hydrogen (secondary N) is 1. The maximum Gasteiger partial charge on any atom is 0.344 e. The zero-order valence-electron chi connectivity index (χ0n) is 11.4. The average Bonchev–Trinajstić information content (AvgIpc) is 2.77. The number of thioether (sulfide) groups is 1. The van der Waals surface area contributed by atoms with Gasteiger partial charge in [-0.1, -0.05) is 11.8 Å². The van der Waals surface area contributed by atoms with Crippen LogP contribution in [0.4, 0.5) is 8.78 Å². The molecule has 0 aliphatic carbocycles. The monoisotopic (exact) mass is 313 g/mol. The Morgan fingerprint density at radius 1 is 1.43 bits per heavy atom. The quantitative estimate of drug-likeness (QED) is 0.680. The molecule has 8 heteroatoms. The van der Waals surface area contributed by atoms with Gasteiger partial charge in [0.15, 0.2) is 10.9 Å². The molecular formula is C13H13F2N3O2S. The standard InChI is InChI=1S/C13H13F2N3O2S/c1-7(2)18-12(20)16-17-13(18)21-6-11(19)9-4-3-8(14)5-10(9)15/h3-5,7H,6H2,1-2H3,(H,16,20). The summed E-state index contributed by atoms with van der Waals surface area (Å²) in [5.41, 5.74) is -0.550. The number of benzene rings is 1. The van der Waals surface area contributed by atoms with Crippen LogP contribution in [0.3, 0.4) is 0 Å². The fraction of sp³-hybridized carbons (Fsp3) is 0.308. The largest absolute Gasteiger partial charge is 0.344 e. The minimum atomic E-state index is -0.899. The van der Waals surface area contributed by atoms with Crippen LogP contribution in [-0.4, -0.2) is 26.3 Å². The van der Waals surface area contributed by atoms with E-state index in [1.54, 1.807) is 0 Å². The van der Waals surface area contributed by atoms with Crippen LogP contribution in [0.1, 0.15) is 30.2 Å². The number of carbonyl (C=O) groups is 1. The Bertz CT molecular complexity index is 724. The fourth-order valence-electron chi connectivity index (χ4n) is 1.77. The topological polar surface area (TPSA) is 67.8 Å². The van der Waals surface area contributed by atoms with E-state index in [4.69, 9.17) is 0 Å². The lowest BCUT2D eigenvalue weighted by atomic mass is 10.1. The first kappa shape index (κ1) is 15.4. The third-order valence-corrected chi connectivity index (χ3v) is 3.71. The molecule has 1 N–H and O–H groups in total. The van der Waals surface area contributed by atoms with Crippen molar-refractivity contribution in [2.45, 2.75) is 25.0 Å². The van der Waals surface area contributed by atoms with Gasteiger partial charge < -0.3 is 0 Å². The summed E-state index contributed by atoms with van der Waals surface area (Å²) in [7, 11) is 0. The number of rotatable bonds is 5. The van der Waals surface area contributed by atoms with Crippen molar-refractivity contribution in [1.29, 1.82) is 0 Å². The number of nitrogens with zero attached hydrogens (tertiary/aromatic N) is 2. The van der Waals surface area contributed by atoms with Crippen molar-refractivity contribution in [3.8, 4) is 0 Å². The summed E-state index contributed by atoms with van der Waals surface area (Å²) in [4.78, 5) is 23.5. The Balaban J connectivity index is 2.13. The molecule has 0 bridgehead atoms. The molecule has 1 heterocycles. The maximum absolute atomic E-state index is 13.5. The summed E-state index contributed by atoms with van der Waals surface area (Å²) in [6.07, 6.45) is 0. The molecule has 0 saturated carbocycles. The lowest BCUT2D eigenvalue weighted by Crippen LogP contribution is -2.19. The SMILES string of the molecule is CC(C)n1c(SCC(=O)c2ccc(F)cc2F)n[nH]c1=O. The van der Waals surface area contributed by atoms with Crippen LogP contribution in [0.15, 0.2) is 28.2 Å². The van der Waals surface area contributed by atoms with Crippen molar-refractivity contribution < 1.29 is 13.6 Å². The van der Waals surface area contributed by atoms with Crippen LogP contribution in [-0.2, 0) is 0 Å². The van der Waals surface area contributed by atoms with Gasteiger partial charge in [-0.05, 0) is 26.0 Å². The van der Waals surface area contributed by atoms with Crippen LogP contribution in [0, 0.1) is 11.6 Å². The van der Waals surface area contributed by atoms with Gasteiger partial charge >= 0.3 is 5.69 Å². The van der Waals surface area contributed by atoms with Gasteiger partial charge in [-0.3, -0.25) is 9.36 Å². The molecule has 2 aromatic rings. The molecule has 21 heavy (non-hydrogen) atoms. The molecule has 0 atom stereocenters. The summed E-state index contributed by atoms with van der Waals surface area (Å²) in [5.74, 6) is -2.23. The van der Waals surface area contributed by atoms with E-state index in [0.717, 1.165) is 23.9 Å². The van der Waals surface area contributed by atoms with E-state index >= 15 is 0 Å². The van der Waals surface area contributed by atoms with E-state index in [0.29, 0.717) is 11.2 Å². The number of Topliss-reactive ketones (excluding diaryl/α,β-unsaturated/α-hetero) is 1. The number of halogens is 2. The van der Waals surface area contributed by atoms with Crippen LogP contribution in [0.5, 0.6) is 0 Å². The summed E-state index contributed by atoms with van der Waals surface area (Å²) in [6, 6.07) is 2.68.